The number of aromatic nitrogens is 1. The van der Waals surface area contributed by atoms with E-state index < -0.39 is 23.5 Å². The molecule has 4 aromatic rings. The van der Waals surface area contributed by atoms with Crippen LogP contribution in [0.5, 0.6) is 11.5 Å². The van der Waals surface area contributed by atoms with Crippen molar-refractivity contribution in [3.63, 3.8) is 0 Å². The van der Waals surface area contributed by atoms with Crippen molar-refractivity contribution >= 4 is 51.5 Å². The Labute approximate surface area is 208 Å². The molecule has 3 heterocycles. The van der Waals surface area contributed by atoms with Crippen molar-refractivity contribution in [3.8, 4) is 11.5 Å². The summed E-state index contributed by atoms with van der Waals surface area (Å²) in [5.41, 5.74) is 0.549. The highest BCUT2D eigenvalue weighted by Gasteiger charge is 2.46. The summed E-state index contributed by atoms with van der Waals surface area (Å²) in [6.07, 6.45) is 2.97. The van der Waals surface area contributed by atoms with Crippen LogP contribution in [0.3, 0.4) is 0 Å². The molecule has 0 saturated carbocycles. The number of ketones is 1. The third-order valence-corrected chi connectivity index (χ3v) is 6.12. The second kappa shape index (κ2) is 8.65. The van der Waals surface area contributed by atoms with Gasteiger partial charge in [-0.1, -0.05) is 23.2 Å². The van der Waals surface area contributed by atoms with E-state index in [1.165, 1.54) is 43.8 Å². The maximum Gasteiger partial charge on any atom is 0.294 e. The molecule has 0 fully saturated rings. The molecular formula is C25H16Cl2N2O6. The van der Waals surface area contributed by atoms with E-state index in [9.17, 15) is 19.8 Å². The topological polar surface area (TPSA) is 113 Å². The summed E-state index contributed by atoms with van der Waals surface area (Å²) in [6.45, 7) is 0. The highest BCUT2D eigenvalue weighted by molar-refractivity contribution is 6.32. The number of halogens is 2. The van der Waals surface area contributed by atoms with Crippen molar-refractivity contribution in [1.29, 1.82) is 0 Å². The number of hydrogen-bond acceptors (Lipinski definition) is 7. The van der Waals surface area contributed by atoms with Gasteiger partial charge in [0.2, 0.25) is 5.78 Å². The first-order valence-corrected chi connectivity index (χ1v) is 11.0. The van der Waals surface area contributed by atoms with Crippen molar-refractivity contribution < 1.29 is 29.0 Å². The number of aliphatic hydroxyl groups excluding tert-OH is 1. The maximum absolute atomic E-state index is 13.7. The molecule has 1 atom stereocenters. The van der Waals surface area contributed by atoms with Crippen LogP contribution in [0.4, 0.5) is 5.69 Å². The van der Waals surface area contributed by atoms with Crippen LogP contribution in [0.25, 0.3) is 11.0 Å². The summed E-state index contributed by atoms with van der Waals surface area (Å²) < 4.78 is 11.1. The van der Waals surface area contributed by atoms with Gasteiger partial charge in [0.05, 0.1) is 24.4 Å². The number of anilines is 1. The number of aliphatic hydroxyl groups is 1. The molecule has 1 aliphatic heterocycles. The number of phenols is 1. The molecule has 8 nitrogen and oxygen atoms in total. The number of benzene rings is 2. The highest BCUT2D eigenvalue weighted by Crippen LogP contribution is 2.45. The normalized spacial score (nSPS) is 15.8. The lowest BCUT2D eigenvalue weighted by molar-refractivity contribution is -0.117. The number of rotatable bonds is 5. The summed E-state index contributed by atoms with van der Waals surface area (Å²) >= 11 is 12.2. The molecule has 176 valence electrons. The zero-order valence-corrected chi connectivity index (χ0v) is 19.5. The van der Waals surface area contributed by atoms with Crippen molar-refractivity contribution in [3.05, 3.63) is 93.6 Å². The number of carbonyl (C=O) groups excluding carboxylic acids is 2. The van der Waals surface area contributed by atoms with Crippen molar-refractivity contribution in [2.24, 2.45) is 0 Å². The Hall–Kier alpha value is -4.01. The number of furan rings is 1. The summed E-state index contributed by atoms with van der Waals surface area (Å²) in [4.78, 5) is 32.0. The van der Waals surface area contributed by atoms with E-state index >= 15 is 0 Å². The first-order chi connectivity index (χ1) is 16.8. The summed E-state index contributed by atoms with van der Waals surface area (Å²) in [6, 6.07) is 10.8. The van der Waals surface area contributed by atoms with Crippen LogP contribution in [0.1, 0.15) is 22.2 Å². The SMILES string of the molecule is COc1cc(Cl)cc2cc(C(=O)C3=C(O)C(=O)N(c4cc(Cl)ccc4O)C3c3ccncc3)oc12. The molecule has 0 radical (unpaired) electrons. The van der Waals surface area contributed by atoms with Crippen LogP contribution >= 0.6 is 23.2 Å². The molecule has 2 N–H and O–H groups in total. The Kier molecular flexibility index (Phi) is 5.62. The molecule has 1 amide bonds. The number of methoxy groups -OCH3 is 1. The van der Waals surface area contributed by atoms with Crippen molar-refractivity contribution in [1.82, 2.24) is 4.98 Å². The van der Waals surface area contributed by atoms with E-state index in [0.29, 0.717) is 21.7 Å². The van der Waals surface area contributed by atoms with E-state index in [1.807, 2.05) is 0 Å². The first kappa shape index (κ1) is 22.8. The highest BCUT2D eigenvalue weighted by atomic mass is 35.5. The zero-order valence-electron chi connectivity index (χ0n) is 18.0. The van der Waals surface area contributed by atoms with Crippen molar-refractivity contribution in [2.45, 2.75) is 6.04 Å². The Morgan fingerprint density at radius 2 is 1.80 bits per heavy atom. The number of carbonyl (C=O) groups is 2. The molecule has 0 bridgehead atoms. The minimum atomic E-state index is -1.10. The number of Topliss-reactive ketones (excluding diaryl/α,β-unsaturated/α-hetero) is 1. The largest absolute Gasteiger partial charge is 0.506 e. The second-order valence-electron chi connectivity index (χ2n) is 7.72. The van der Waals surface area contributed by atoms with Gasteiger partial charge < -0.3 is 19.4 Å². The minimum Gasteiger partial charge on any atom is -0.506 e. The number of nitrogens with zero attached hydrogens (tertiary/aromatic N) is 2. The predicted molar refractivity (Wildman–Crippen MR) is 129 cm³/mol. The average Bonchev–Trinajstić information content (AvgIpc) is 3.39. The van der Waals surface area contributed by atoms with Crippen LogP contribution in [-0.2, 0) is 4.79 Å². The summed E-state index contributed by atoms with van der Waals surface area (Å²) in [5.74, 6) is -2.46. The average molecular weight is 511 g/mol. The number of aromatic hydroxyl groups is 1. The first-order valence-electron chi connectivity index (χ1n) is 10.3. The van der Waals surface area contributed by atoms with Gasteiger partial charge in [0.15, 0.2) is 22.9 Å². The molecule has 0 aliphatic carbocycles. The quantitative estimate of drug-likeness (QED) is 0.334. The van der Waals surface area contributed by atoms with Gasteiger partial charge in [0, 0.05) is 33.9 Å². The van der Waals surface area contributed by atoms with Crippen molar-refractivity contribution in [2.75, 3.05) is 12.0 Å². The van der Waals surface area contributed by atoms with Crippen LogP contribution in [0.2, 0.25) is 10.0 Å². The summed E-state index contributed by atoms with van der Waals surface area (Å²) in [7, 11) is 1.44. The van der Waals surface area contributed by atoms with Gasteiger partial charge in [-0.15, -0.1) is 0 Å². The van der Waals surface area contributed by atoms with E-state index in [-0.39, 0.29) is 33.4 Å². The summed E-state index contributed by atoms with van der Waals surface area (Å²) in [5, 5.41) is 22.5. The fourth-order valence-electron chi connectivity index (χ4n) is 4.12. The van der Waals surface area contributed by atoms with Gasteiger partial charge in [-0.25, -0.2) is 0 Å². The lowest BCUT2D eigenvalue weighted by atomic mass is 9.95. The molecule has 1 aliphatic rings. The minimum absolute atomic E-state index is 0.0247. The maximum atomic E-state index is 13.7. The smallest absolute Gasteiger partial charge is 0.294 e. The van der Waals surface area contributed by atoms with Gasteiger partial charge in [-0.3, -0.25) is 19.5 Å². The van der Waals surface area contributed by atoms with Gasteiger partial charge in [-0.05, 0) is 48.0 Å². The van der Waals surface area contributed by atoms with Gasteiger partial charge >= 0.3 is 0 Å². The molecule has 10 heteroatoms. The molecule has 0 saturated heterocycles. The lowest BCUT2D eigenvalue weighted by Gasteiger charge is -2.27. The molecular weight excluding hydrogens is 495 g/mol. The molecule has 1 unspecified atom stereocenters. The van der Waals surface area contributed by atoms with Crippen LogP contribution in [0.15, 0.2) is 76.7 Å². The molecule has 35 heavy (non-hydrogen) atoms. The Morgan fingerprint density at radius 3 is 2.51 bits per heavy atom. The van der Waals surface area contributed by atoms with E-state index in [1.54, 1.807) is 24.3 Å². The lowest BCUT2D eigenvalue weighted by Crippen LogP contribution is -2.31. The fraction of sp³-hybridized carbons (Fsp3) is 0.0800. The number of pyridine rings is 1. The van der Waals surface area contributed by atoms with Gasteiger partial charge in [-0.2, -0.15) is 0 Å². The molecule has 2 aromatic carbocycles. The second-order valence-corrected chi connectivity index (χ2v) is 8.59. The van der Waals surface area contributed by atoms with E-state index in [2.05, 4.69) is 4.98 Å². The number of amides is 1. The van der Waals surface area contributed by atoms with Crippen LogP contribution < -0.4 is 9.64 Å². The number of fused-ring (bicyclic) bond motifs is 1. The monoisotopic (exact) mass is 510 g/mol. The third kappa shape index (κ3) is 3.77. The molecule has 0 spiro atoms. The number of hydrogen-bond donors (Lipinski definition) is 2. The fourth-order valence-corrected chi connectivity index (χ4v) is 4.50. The molecule has 2 aromatic heterocycles. The van der Waals surface area contributed by atoms with Crippen LogP contribution in [-0.4, -0.2) is 34.0 Å². The van der Waals surface area contributed by atoms with E-state index in [0.717, 1.165) is 4.90 Å². The Balaban J connectivity index is 1.68. The standard InChI is InChI=1S/C25H16Cl2N2O6/c1-34-19-11-15(27)8-13-9-18(35-24(13)19)22(31)20-21(12-4-6-28-7-5-12)29(25(33)23(20)32)16-10-14(26)2-3-17(16)30/h2-11,21,30,32H,1H3. The van der Waals surface area contributed by atoms with Gasteiger partial charge in [0.25, 0.3) is 5.91 Å². The number of ether oxygens (including phenoxy) is 1. The Bertz CT molecular complexity index is 1530. The molecule has 5 rings (SSSR count). The zero-order chi connectivity index (χ0) is 24.9. The predicted octanol–water partition coefficient (Wildman–Crippen LogP) is 5.63. The van der Waals surface area contributed by atoms with E-state index in [4.69, 9.17) is 32.4 Å². The third-order valence-electron chi connectivity index (χ3n) is 5.66. The van der Waals surface area contributed by atoms with Gasteiger partial charge in [0.1, 0.15) is 5.75 Å². The van der Waals surface area contributed by atoms with Crippen LogP contribution in [0, 0.1) is 0 Å². The number of phenolic OH excluding ortho intramolecular Hbond substituents is 1. The Morgan fingerprint density at radius 1 is 1.06 bits per heavy atom.